The Kier molecular flexibility index (Phi) is 6.54. The minimum Gasteiger partial charge on any atom is -0.383 e. The van der Waals surface area contributed by atoms with Gasteiger partial charge in [-0.25, -0.2) is 13.1 Å². The second kappa shape index (κ2) is 8.41. The Bertz CT molecular complexity index is 655. The molecule has 1 atom stereocenters. The van der Waals surface area contributed by atoms with E-state index in [2.05, 4.69) is 9.62 Å². The Morgan fingerprint density at radius 3 is 3.04 bits per heavy atom. The number of rotatable bonds is 7. The smallest absolute Gasteiger partial charge is 0.216 e. The molecule has 1 heterocycles. The first-order valence-corrected chi connectivity index (χ1v) is 9.38. The first-order valence-electron chi connectivity index (χ1n) is 7.73. The molecule has 0 aromatic heterocycles. The molecule has 0 bridgehead atoms. The van der Waals surface area contributed by atoms with Crippen LogP contribution in [0.4, 0.5) is 0 Å². The minimum atomic E-state index is -3.42. The number of hydrogen-bond acceptors (Lipinski definition) is 5. The summed E-state index contributed by atoms with van der Waals surface area (Å²) < 4.78 is 32.6. The monoisotopic (exact) mass is 337 g/mol. The third-order valence-corrected chi connectivity index (χ3v) is 5.28. The highest BCUT2D eigenvalue weighted by molar-refractivity contribution is 7.88. The van der Waals surface area contributed by atoms with Crippen molar-refractivity contribution < 1.29 is 13.2 Å². The van der Waals surface area contributed by atoms with Gasteiger partial charge in [-0.3, -0.25) is 4.90 Å². The average Bonchev–Trinajstić information content (AvgIpc) is 2.52. The third-order valence-electron chi connectivity index (χ3n) is 3.88. The molecule has 1 aromatic carbocycles. The lowest BCUT2D eigenvalue weighted by Crippen LogP contribution is -2.48. The number of sulfonamides is 1. The maximum Gasteiger partial charge on any atom is 0.216 e. The van der Waals surface area contributed by atoms with Gasteiger partial charge < -0.3 is 4.74 Å². The highest BCUT2D eigenvalue weighted by Crippen LogP contribution is 2.13. The first kappa shape index (κ1) is 17.9. The molecule has 0 saturated carbocycles. The molecule has 1 aromatic rings. The van der Waals surface area contributed by atoms with Crippen LogP contribution in [0.25, 0.3) is 0 Å². The van der Waals surface area contributed by atoms with Crippen molar-refractivity contribution >= 4 is 10.0 Å². The quantitative estimate of drug-likeness (QED) is 0.805. The SMILES string of the molecule is COCCN1CCCC(NS(=O)(=O)Cc2cccc(C#N)c2)C1. The molecular formula is C16H23N3O3S. The number of hydrogen-bond donors (Lipinski definition) is 1. The van der Waals surface area contributed by atoms with Crippen LogP contribution in [0.2, 0.25) is 0 Å². The lowest BCUT2D eigenvalue weighted by atomic mass is 10.1. The molecule has 7 heteroatoms. The van der Waals surface area contributed by atoms with Crippen molar-refractivity contribution in [2.45, 2.75) is 24.6 Å². The molecule has 0 amide bonds. The van der Waals surface area contributed by atoms with E-state index in [-0.39, 0.29) is 11.8 Å². The number of nitriles is 1. The van der Waals surface area contributed by atoms with E-state index in [1.54, 1.807) is 31.4 Å². The summed E-state index contributed by atoms with van der Waals surface area (Å²) in [6, 6.07) is 8.68. The molecule has 2 rings (SSSR count). The Labute approximate surface area is 138 Å². The number of piperidine rings is 1. The van der Waals surface area contributed by atoms with E-state index >= 15 is 0 Å². The fourth-order valence-corrected chi connectivity index (χ4v) is 4.22. The van der Waals surface area contributed by atoms with Gasteiger partial charge in [0.15, 0.2) is 0 Å². The zero-order valence-corrected chi connectivity index (χ0v) is 14.2. The van der Waals surface area contributed by atoms with Crippen molar-refractivity contribution in [1.82, 2.24) is 9.62 Å². The molecule has 0 aliphatic carbocycles. The Balaban J connectivity index is 1.93. The van der Waals surface area contributed by atoms with Crippen molar-refractivity contribution in [1.29, 1.82) is 5.26 Å². The summed E-state index contributed by atoms with van der Waals surface area (Å²) in [5, 5.41) is 8.89. The van der Waals surface area contributed by atoms with Crippen LogP contribution in [0.3, 0.4) is 0 Å². The van der Waals surface area contributed by atoms with Gasteiger partial charge in [-0.1, -0.05) is 12.1 Å². The van der Waals surface area contributed by atoms with Crippen molar-refractivity contribution in [3.05, 3.63) is 35.4 Å². The predicted octanol–water partition coefficient (Wildman–Crippen LogP) is 1.09. The number of benzene rings is 1. The molecule has 1 N–H and O–H groups in total. The summed E-state index contributed by atoms with van der Waals surface area (Å²) in [5.74, 6) is -0.100. The van der Waals surface area contributed by atoms with Gasteiger partial charge in [0.1, 0.15) is 0 Å². The highest BCUT2D eigenvalue weighted by atomic mass is 32.2. The number of nitrogens with zero attached hydrogens (tertiary/aromatic N) is 2. The van der Waals surface area contributed by atoms with Crippen LogP contribution in [0, 0.1) is 11.3 Å². The molecule has 1 unspecified atom stereocenters. The number of methoxy groups -OCH3 is 1. The van der Waals surface area contributed by atoms with Gasteiger partial charge in [0, 0.05) is 26.2 Å². The number of nitrogens with one attached hydrogen (secondary N) is 1. The average molecular weight is 337 g/mol. The first-order chi connectivity index (χ1) is 11.0. The van der Waals surface area contributed by atoms with Gasteiger partial charge in [0.2, 0.25) is 10.0 Å². The second-order valence-electron chi connectivity index (χ2n) is 5.82. The summed E-state index contributed by atoms with van der Waals surface area (Å²) in [6.07, 6.45) is 1.82. The molecule has 23 heavy (non-hydrogen) atoms. The van der Waals surface area contributed by atoms with Crippen LogP contribution < -0.4 is 4.72 Å². The van der Waals surface area contributed by atoms with Gasteiger partial charge in [0.05, 0.1) is 24.0 Å². The molecule has 1 fully saturated rings. The third kappa shape index (κ3) is 5.92. The Morgan fingerprint density at radius 1 is 1.48 bits per heavy atom. The van der Waals surface area contributed by atoms with Crippen molar-refractivity contribution in [2.75, 3.05) is 33.4 Å². The molecular weight excluding hydrogens is 314 g/mol. The van der Waals surface area contributed by atoms with Gasteiger partial charge in [0.25, 0.3) is 0 Å². The lowest BCUT2D eigenvalue weighted by Gasteiger charge is -2.32. The van der Waals surface area contributed by atoms with Crippen molar-refractivity contribution in [2.24, 2.45) is 0 Å². The second-order valence-corrected chi connectivity index (χ2v) is 7.58. The molecule has 126 valence electrons. The highest BCUT2D eigenvalue weighted by Gasteiger charge is 2.24. The molecule has 6 nitrogen and oxygen atoms in total. The van der Waals surface area contributed by atoms with Gasteiger partial charge in [-0.05, 0) is 37.1 Å². The van der Waals surface area contributed by atoms with Crippen LogP contribution in [0.5, 0.6) is 0 Å². The predicted molar refractivity (Wildman–Crippen MR) is 88.3 cm³/mol. The van der Waals surface area contributed by atoms with Crippen LogP contribution >= 0.6 is 0 Å². The molecule has 1 aliphatic rings. The van der Waals surface area contributed by atoms with Crippen LogP contribution in [0.1, 0.15) is 24.0 Å². The van der Waals surface area contributed by atoms with Gasteiger partial charge in [-0.2, -0.15) is 5.26 Å². The van der Waals surface area contributed by atoms with Crippen molar-refractivity contribution in [3.8, 4) is 6.07 Å². The van der Waals surface area contributed by atoms with Crippen LogP contribution in [0.15, 0.2) is 24.3 Å². The normalized spacial score (nSPS) is 19.4. The Hall–Kier alpha value is -1.46. The fraction of sp³-hybridized carbons (Fsp3) is 0.562. The number of likely N-dealkylation sites (tertiary alicyclic amines) is 1. The van der Waals surface area contributed by atoms with Gasteiger partial charge >= 0.3 is 0 Å². The van der Waals surface area contributed by atoms with Gasteiger partial charge in [-0.15, -0.1) is 0 Å². The Morgan fingerprint density at radius 2 is 2.30 bits per heavy atom. The fourth-order valence-electron chi connectivity index (χ4n) is 2.82. The molecule has 0 radical (unpaired) electrons. The van der Waals surface area contributed by atoms with E-state index in [0.717, 1.165) is 25.9 Å². The van der Waals surface area contributed by atoms with Crippen molar-refractivity contribution in [3.63, 3.8) is 0 Å². The summed E-state index contributed by atoms with van der Waals surface area (Å²) >= 11 is 0. The van der Waals surface area contributed by atoms with E-state index < -0.39 is 10.0 Å². The molecule has 1 saturated heterocycles. The molecule has 0 spiro atoms. The maximum atomic E-state index is 12.4. The zero-order chi connectivity index (χ0) is 16.7. The number of ether oxygens (including phenoxy) is 1. The minimum absolute atomic E-state index is 0.0650. The summed E-state index contributed by atoms with van der Waals surface area (Å²) in [7, 11) is -1.75. The van der Waals surface area contributed by atoms with Crippen LogP contribution in [-0.4, -0.2) is 52.7 Å². The van der Waals surface area contributed by atoms with Crippen LogP contribution in [-0.2, 0) is 20.5 Å². The van der Waals surface area contributed by atoms with E-state index in [0.29, 0.717) is 24.3 Å². The maximum absolute atomic E-state index is 12.4. The summed E-state index contributed by atoms with van der Waals surface area (Å²) in [5.41, 5.74) is 1.10. The lowest BCUT2D eigenvalue weighted by molar-refractivity contribution is 0.126. The summed E-state index contributed by atoms with van der Waals surface area (Å²) in [6.45, 7) is 3.16. The molecule has 1 aliphatic heterocycles. The van der Waals surface area contributed by atoms with E-state index in [9.17, 15) is 8.42 Å². The van der Waals surface area contributed by atoms with E-state index in [4.69, 9.17) is 10.00 Å². The zero-order valence-electron chi connectivity index (χ0n) is 13.4. The van der Waals surface area contributed by atoms with E-state index in [1.807, 2.05) is 6.07 Å². The largest absolute Gasteiger partial charge is 0.383 e. The topological polar surface area (TPSA) is 82.4 Å². The summed E-state index contributed by atoms with van der Waals surface area (Å²) in [4.78, 5) is 2.22. The van der Waals surface area contributed by atoms with E-state index in [1.165, 1.54) is 0 Å². The standard InChI is InChI=1S/C16H23N3O3S/c1-22-9-8-19-7-3-6-16(12-19)18-23(20,21)13-15-5-2-4-14(10-15)11-17/h2,4-5,10,16,18H,3,6-9,12-13H2,1H3.